The van der Waals surface area contributed by atoms with Gasteiger partial charge in [-0.2, -0.15) is 0 Å². The van der Waals surface area contributed by atoms with Crippen molar-refractivity contribution in [2.45, 2.75) is 19.4 Å². The molecule has 1 atom stereocenters. The second-order valence-electron chi connectivity index (χ2n) is 6.59. The molecular weight excluding hydrogens is 328 g/mol. The highest BCUT2D eigenvalue weighted by Gasteiger charge is 2.39. The summed E-state index contributed by atoms with van der Waals surface area (Å²) in [6.45, 7) is 6.97. The summed E-state index contributed by atoms with van der Waals surface area (Å²) in [7, 11) is 0. The minimum atomic E-state index is 0.220. The summed E-state index contributed by atoms with van der Waals surface area (Å²) in [4.78, 5) is 6.43. The van der Waals surface area contributed by atoms with Crippen LogP contribution in [0.25, 0.3) is 0 Å². The van der Waals surface area contributed by atoms with Crippen LogP contribution in [0.1, 0.15) is 17.7 Å². The molecule has 1 unspecified atom stereocenters. The Morgan fingerprint density at radius 1 is 1.26 bits per heavy atom. The van der Waals surface area contributed by atoms with Crippen LogP contribution in [0.2, 0.25) is 0 Å². The lowest BCUT2D eigenvalue weighted by atomic mass is 9.80. The van der Waals surface area contributed by atoms with Gasteiger partial charge in [0.15, 0.2) is 0 Å². The van der Waals surface area contributed by atoms with Crippen LogP contribution in [0.3, 0.4) is 0 Å². The van der Waals surface area contributed by atoms with E-state index in [0.29, 0.717) is 0 Å². The molecule has 0 aromatic carbocycles. The number of anilines is 1. The van der Waals surface area contributed by atoms with Gasteiger partial charge in [-0.15, -0.1) is 21.5 Å². The standard InChI is InChI=1S/C16H22N4OS2/c1-3-14(22-8-1)9-19-5-2-4-16(10-19)11-20(6-7-21-12-16)15-18-17-13-23-15/h1,3,8,13H,2,4-7,9-12H2. The summed E-state index contributed by atoms with van der Waals surface area (Å²) in [5, 5.41) is 11.5. The smallest absolute Gasteiger partial charge is 0.208 e. The van der Waals surface area contributed by atoms with Gasteiger partial charge >= 0.3 is 0 Å². The average Bonchev–Trinajstić information content (AvgIpc) is 3.22. The molecule has 2 fully saturated rings. The van der Waals surface area contributed by atoms with E-state index in [1.54, 1.807) is 11.3 Å². The maximum atomic E-state index is 5.99. The first-order valence-electron chi connectivity index (χ1n) is 8.17. The van der Waals surface area contributed by atoms with Crippen LogP contribution in [0.5, 0.6) is 0 Å². The van der Waals surface area contributed by atoms with E-state index in [9.17, 15) is 0 Å². The molecule has 23 heavy (non-hydrogen) atoms. The number of hydrogen-bond acceptors (Lipinski definition) is 7. The number of piperidine rings is 1. The molecule has 0 radical (unpaired) electrons. The zero-order valence-electron chi connectivity index (χ0n) is 13.2. The molecule has 2 aromatic rings. The van der Waals surface area contributed by atoms with E-state index in [0.717, 1.165) is 44.5 Å². The van der Waals surface area contributed by atoms with Gasteiger partial charge < -0.3 is 9.64 Å². The summed E-state index contributed by atoms with van der Waals surface area (Å²) in [6.07, 6.45) is 2.49. The van der Waals surface area contributed by atoms with Gasteiger partial charge in [0.1, 0.15) is 5.51 Å². The van der Waals surface area contributed by atoms with Gasteiger partial charge in [-0.25, -0.2) is 0 Å². The van der Waals surface area contributed by atoms with Gasteiger partial charge in [0.2, 0.25) is 5.13 Å². The van der Waals surface area contributed by atoms with Crippen molar-refractivity contribution >= 4 is 27.8 Å². The van der Waals surface area contributed by atoms with Crippen molar-refractivity contribution in [3.63, 3.8) is 0 Å². The molecule has 0 bridgehead atoms. The van der Waals surface area contributed by atoms with Crippen molar-refractivity contribution in [3.05, 3.63) is 27.9 Å². The first-order valence-corrected chi connectivity index (χ1v) is 9.93. The van der Waals surface area contributed by atoms with Crippen LogP contribution in [0, 0.1) is 5.41 Å². The molecule has 5 nitrogen and oxygen atoms in total. The van der Waals surface area contributed by atoms with Crippen molar-refractivity contribution in [1.82, 2.24) is 15.1 Å². The molecule has 0 saturated carbocycles. The monoisotopic (exact) mass is 350 g/mol. The Bertz CT molecular complexity index is 604. The minimum absolute atomic E-state index is 0.220. The lowest BCUT2D eigenvalue weighted by Gasteiger charge is -2.43. The van der Waals surface area contributed by atoms with Gasteiger partial charge in [0, 0.05) is 36.5 Å². The van der Waals surface area contributed by atoms with Crippen molar-refractivity contribution < 1.29 is 4.74 Å². The summed E-state index contributed by atoms with van der Waals surface area (Å²) >= 11 is 3.48. The molecule has 2 aliphatic heterocycles. The third kappa shape index (κ3) is 3.57. The molecule has 0 aliphatic carbocycles. The Morgan fingerprint density at radius 2 is 2.26 bits per heavy atom. The topological polar surface area (TPSA) is 41.5 Å². The van der Waals surface area contributed by atoms with Crippen LogP contribution in [0.4, 0.5) is 5.13 Å². The zero-order valence-corrected chi connectivity index (χ0v) is 14.8. The van der Waals surface area contributed by atoms with Crippen molar-refractivity contribution in [2.24, 2.45) is 5.41 Å². The fourth-order valence-corrected chi connectivity index (χ4v) is 5.11. The Hall–Kier alpha value is -1.02. The molecule has 2 aromatic heterocycles. The van der Waals surface area contributed by atoms with Crippen LogP contribution in [0.15, 0.2) is 23.0 Å². The van der Waals surface area contributed by atoms with Gasteiger partial charge in [-0.05, 0) is 30.8 Å². The molecule has 2 saturated heterocycles. The summed E-state index contributed by atoms with van der Waals surface area (Å²) in [6, 6.07) is 4.38. The molecule has 7 heteroatoms. The Morgan fingerprint density at radius 3 is 3.09 bits per heavy atom. The zero-order chi connectivity index (χ0) is 15.5. The van der Waals surface area contributed by atoms with E-state index in [1.807, 2.05) is 16.8 Å². The third-order valence-electron chi connectivity index (χ3n) is 4.76. The van der Waals surface area contributed by atoms with Crippen molar-refractivity contribution in [2.75, 3.05) is 44.3 Å². The van der Waals surface area contributed by atoms with E-state index in [2.05, 4.69) is 37.5 Å². The van der Waals surface area contributed by atoms with Crippen LogP contribution >= 0.6 is 22.7 Å². The van der Waals surface area contributed by atoms with Gasteiger partial charge in [0.25, 0.3) is 0 Å². The lowest BCUT2D eigenvalue weighted by molar-refractivity contribution is 0.0110. The minimum Gasteiger partial charge on any atom is -0.379 e. The fourth-order valence-electron chi connectivity index (χ4n) is 3.78. The van der Waals surface area contributed by atoms with E-state index >= 15 is 0 Å². The van der Waals surface area contributed by atoms with Crippen LogP contribution in [-0.2, 0) is 11.3 Å². The second kappa shape index (κ2) is 6.84. The molecule has 2 aliphatic rings. The molecule has 124 valence electrons. The van der Waals surface area contributed by atoms with Crippen molar-refractivity contribution in [1.29, 1.82) is 0 Å². The van der Waals surface area contributed by atoms with E-state index in [1.165, 1.54) is 24.3 Å². The molecule has 0 amide bonds. The summed E-state index contributed by atoms with van der Waals surface area (Å²) in [5.41, 5.74) is 2.04. The number of nitrogens with zero attached hydrogens (tertiary/aromatic N) is 4. The molecule has 4 rings (SSSR count). The number of likely N-dealkylation sites (tertiary alicyclic amines) is 1. The predicted molar refractivity (Wildman–Crippen MR) is 94.2 cm³/mol. The van der Waals surface area contributed by atoms with Gasteiger partial charge in [0.05, 0.1) is 13.2 Å². The Kier molecular flexibility index (Phi) is 4.61. The highest BCUT2D eigenvalue weighted by molar-refractivity contribution is 7.13. The highest BCUT2D eigenvalue weighted by Crippen LogP contribution is 2.35. The Labute approximate surface area is 144 Å². The van der Waals surface area contributed by atoms with Gasteiger partial charge in [-0.3, -0.25) is 4.90 Å². The third-order valence-corrected chi connectivity index (χ3v) is 6.37. The quantitative estimate of drug-likeness (QED) is 0.851. The number of hydrogen-bond donors (Lipinski definition) is 0. The van der Waals surface area contributed by atoms with Crippen molar-refractivity contribution in [3.8, 4) is 0 Å². The molecule has 4 heterocycles. The van der Waals surface area contributed by atoms with E-state index in [4.69, 9.17) is 4.74 Å². The van der Waals surface area contributed by atoms with E-state index in [-0.39, 0.29) is 5.41 Å². The number of rotatable bonds is 3. The predicted octanol–water partition coefficient (Wildman–Crippen LogP) is 2.72. The van der Waals surface area contributed by atoms with Crippen LogP contribution in [-0.4, -0.2) is 54.5 Å². The lowest BCUT2D eigenvalue weighted by Crippen LogP contribution is -2.50. The average molecular weight is 351 g/mol. The first-order chi connectivity index (χ1) is 11.3. The normalized spacial score (nSPS) is 26.5. The number of thiophene rings is 1. The van der Waals surface area contributed by atoms with E-state index < -0.39 is 0 Å². The summed E-state index contributed by atoms with van der Waals surface area (Å²) in [5.74, 6) is 0. The van der Waals surface area contributed by atoms with Gasteiger partial charge in [-0.1, -0.05) is 17.4 Å². The number of aromatic nitrogens is 2. The molecule has 0 N–H and O–H groups in total. The van der Waals surface area contributed by atoms with Crippen LogP contribution < -0.4 is 4.90 Å². The maximum absolute atomic E-state index is 5.99. The second-order valence-corrected chi connectivity index (χ2v) is 8.43. The molecule has 1 spiro atoms. The SMILES string of the molecule is c1csc(CN2CCCC3(COCCN(c4nncs4)C3)C2)c1. The Balaban J connectivity index is 1.48. The highest BCUT2D eigenvalue weighted by atomic mass is 32.1. The maximum Gasteiger partial charge on any atom is 0.208 e. The molecular formula is C16H22N4OS2. The first kappa shape index (κ1) is 15.5. The number of ether oxygens (including phenoxy) is 1. The fraction of sp³-hybridized carbons (Fsp3) is 0.625. The summed E-state index contributed by atoms with van der Waals surface area (Å²) < 4.78 is 5.99. The largest absolute Gasteiger partial charge is 0.379 e.